The summed E-state index contributed by atoms with van der Waals surface area (Å²) < 4.78 is 5.52. The summed E-state index contributed by atoms with van der Waals surface area (Å²) in [7, 11) is 0. The number of nitrogens with zero attached hydrogens (tertiary/aromatic N) is 2. The largest absolute Gasteiger partial charge is 0.384 e. The van der Waals surface area contributed by atoms with Crippen molar-refractivity contribution in [2.24, 2.45) is 0 Å². The summed E-state index contributed by atoms with van der Waals surface area (Å²) in [6, 6.07) is 1.96. The molecule has 1 saturated heterocycles. The molecule has 98 valence electrons. The van der Waals surface area contributed by atoms with E-state index in [1.807, 2.05) is 6.07 Å². The summed E-state index contributed by atoms with van der Waals surface area (Å²) in [5, 5.41) is 0. The minimum absolute atomic E-state index is 0.336. The Morgan fingerprint density at radius 1 is 1.06 bits per heavy atom. The molecule has 1 unspecified atom stereocenters. The van der Waals surface area contributed by atoms with E-state index in [9.17, 15) is 0 Å². The van der Waals surface area contributed by atoms with Crippen molar-refractivity contribution >= 4 is 5.82 Å². The lowest BCUT2D eigenvalue weighted by Gasteiger charge is -2.22. The predicted molar refractivity (Wildman–Crippen MR) is 70.4 cm³/mol. The molecule has 0 aromatic carbocycles. The van der Waals surface area contributed by atoms with Gasteiger partial charge in [-0.15, -0.1) is 0 Å². The molecule has 1 aliphatic carbocycles. The predicted octanol–water partition coefficient (Wildman–Crippen LogP) is 2.61. The van der Waals surface area contributed by atoms with Crippen LogP contribution in [0.3, 0.4) is 0 Å². The Labute approximate surface area is 108 Å². The first-order chi connectivity index (χ1) is 8.83. The van der Waals surface area contributed by atoms with Crippen molar-refractivity contribution in [2.75, 3.05) is 18.9 Å². The van der Waals surface area contributed by atoms with Crippen LogP contribution in [0.4, 0.5) is 5.82 Å². The molecule has 2 aliphatic rings. The molecule has 4 heteroatoms. The maximum Gasteiger partial charge on any atom is 0.136 e. The van der Waals surface area contributed by atoms with Gasteiger partial charge in [0.05, 0.1) is 6.61 Å². The second kappa shape index (κ2) is 5.22. The summed E-state index contributed by atoms with van der Waals surface area (Å²) in [6.07, 6.45) is 7.34. The summed E-state index contributed by atoms with van der Waals surface area (Å²) >= 11 is 0. The zero-order valence-corrected chi connectivity index (χ0v) is 10.8. The first kappa shape index (κ1) is 11.9. The van der Waals surface area contributed by atoms with E-state index in [0.717, 1.165) is 37.6 Å². The third-order valence-electron chi connectivity index (χ3n) is 4.08. The van der Waals surface area contributed by atoms with Crippen LogP contribution in [0.15, 0.2) is 6.07 Å². The van der Waals surface area contributed by atoms with Crippen LogP contribution in [0.1, 0.15) is 61.9 Å². The van der Waals surface area contributed by atoms with E-state index in [2.05, 4.69) is 4.98 Å². The van der Waals surface area contributed by atoms with E-state index in [0.29, 0.717) is 17.7 Å². The van der Waals surface area contributed by atoms with Crippen molar-refractivity contribution in [3.8, 4) is 0 Å². The zero-order valence-electron chi connectivity index (χ0n) is 10.8. The maximum atomic E-state index is 5.94. The Balaban J connectivity index is 1.84. The maximum absolute atomic E-state index is 5.94. The standard InChI is InChI=1S/C14H21N3O/c15-13-8-12(10-4-1-2-5-10)16-14(17-13)11-6-3-7-18-9-11/h8,10-11H,1-7,9H2,(H2,15,16,17). The summed E-state index contributed by atoms with van der Waals surface area (Å²) in [4.78, 5) is 9.18. The molecule has 2 N–H and O–H groups in total. The Bertz CT molecular complexity index is 410. The highest BCUT2D eigenvalue weighted by atomic mass is 16.5. The van der Waals surface area contributed by atoms with Crippen molar-refractivity contribution in [3.05, 3.63) is 17.6 Å². The van der Waals surface area contributed by atoms with E-state index in [4.69, 9.17) is 15.5 Å². The molecule has 0 amide bonds. The fourth-order valence-electron chi connectivity index (χ4n) is 3.06. The molecule has 0 spiro atoms. The highest BCUT2D eigenvalue weighted by Gasteiger charge is 2.23. The quantitative estimate of drug-likeness (QED) is 0.872. The van der Waals surface area contributed by atoms with Gasteiger partial charge >= 0.3 is 0 Å². The van der Waals surface area contributed by atoms with Gasteiger partial charge in [-0.25, -0.2) is 9.97 Å². The minimum atomic E-state index is 0.336. The van der Waals surface area contributed by atoms with E-state index in [1.165, 1.54) is 25.7 Å². The summed E-state index contributed by atoms with van der Waals surface area (Å²) in [5.41, 5.74) is 7.10. The van der Waals surface area contributed by atoms with E-state index in [-0.39, 0.29) is 0 Å². The van der Waals surface area contributed by atoms with Crippen molar-refractivity contribution in [3.63, 3.8) is 0 Å². The van der Waals surface area contributed by atoms with Gasteiger partial charge in [0.25, 0.3) is 0 Å². The zero-order chi connectivity index (χ0) is 12.4. The smallest absolute Gasteiger partial charge is 0.136 e. The number of nitrogen functional groups attached to an aromatic ring is 1. The number of rotatable bonds is 2. The van der Waals surface area contributed by atoms with Gasteiger partial charge in [-0.3, -0.25) is 0 Å². The Hall–Kier alpha value is -1.16. The van der Waals surface area contributed by atoms with Gasteiger partial charge < -0.3 is 10.5 Å². The Kier molecular flexibility index (Phi) is 3.46. The normalized spacial score (nSPS) is 25.4. The fourth-order valence-corrected chi connectivity index (χ4v) is 3.06. The molecule has 4 nitrogen and oxygen atoms in total. The molecule has 1 aliphatic heterocycles. The van der Waals surface area contributed by atoms with Gasteiger partial charge in [0.15, 0.2) is 0 Å². The second-order valence-electron chi connectivity index (χ2n) is 5.47. The van der Waals surface area contributed by atoms with E-state index >= 15 is 0 Å². The third kappa shape index (κ3) is 2.48. The topological polar surface area (TPSA) is 61.0 Å². The molecule has 0 bridgehead atoms. The van der Waals surface area contributed by atoms with Gasteiger partial charge in [-0.1, -0.05) is 12.8 Å². The summed E-state index contributed by atoms with van der Waals surface area (Å²) in [6.45, 7) is 1.61. The number of hydrogen-bond acceptors (Lipinski definition) is 4. The van der Waals surface area contributed by atoms with Crippen LogP contribution in [0, 0.1) is 0 Å². The van der Waals surface area contributed by atoms with E-state index < -0.39 is 0 Å². The van der Waals surface area contributed by atoms with Crippen molar-refractivity contribution < 1.29 is 4.74 Å². The molecule has 1 saturated carbocycles. The lowest BCUT2D eigenvalue weighted by Crippen LogP contribution is -2.19. The third-order valence-corrected chi connectivity index (χ3v) is 4.08. The molecule has 1 aromatic rings. The Morgan fingerprint density at radius 2 is 1.83 bits per heavy atom. The highest BCUT2D eigenvalue weighted by molar-refractivity contribution is 5.32. The van der Waals surface area contributed by atoms with Gasteiger partial charge in [0, 0.05) is 30.2 Å². The molecule has 18 heavy (non-hydrogen) atoms. The highest BCUT2D eigenvalue weighted by Crippen LogP contribution is 2.34. The van der Waals surface area contributed by atoms with Crippen LogP contribution in [0.25, 0.3) is 0 Å². The molecular weight excluding hydrogens is 226 g/mol. The molecule has 1 atom stereocenters. The van der Waals surface area contributed by atoms with Crippen LogP contribution < -0.4 is 5.73 Å². The van der Waals surface area contributed by atoms with Crippen LogP contribution in [0.5, 0.6) is 0 Å². The van der Waals surface area contributed by atoms with Crippen LogP contribution in [-0.4, -0.2) is 23.2 Å². The van der Waals surface area contributed by atoms with Gasteiger partial charge in [-0.05, 0) is 25.7 Å². The lowest BCUT2D eigenvalue weighted by atomic mass is 9.99. The van der Waals surface area contributed by atoms with Crippen LogP contribution in [0.2, 0.25) is 0 Å². The number of anilines is 1. The molecule has 0 radical (unpaired) electrons. The monoisotopic (exact) mass is 247 g/mol. The van der Waals surface area contributed by atoms with Crippen LogP contribution >= 0.6 is 0 Å². The number of ether oxygens (including phenoxy) is 1. The number of hydrogen-bond donors (Lipinski definition) is 1. The van der Waals surface area contributed by atoms with Crippen molar-refractivity contribution in [1.82, 2.24) is 9.97 Å². The molecular formula is C14H21N3O. The molecule has 1 aromatic heterocycles. The van der Waals surface area contributed by atoms with Gasteiger partial charge in [-0.2, -0.15) is 0 Å². The van der Waals surface area contributed by atoms with Gasteiger partial charge in [0.1, 0.15) is 11.6 Å². The second-order valence-corrected chi connectivity index (χ2v) is 5.47. The SMILES string of the molecule is Nc1cc(C2CCCC2)nc(C2CCCOC2)n1. The average Bonchev–Trinajstić information content (AvgIpc) is 2.93. The molecule has 3 rings (SSSR count). The van der Waals surface area contributed by atoms with E-state index in [1.54, 1.807) is 0 Å². The number of nitrogens with two attached hydrogens (primary N) is 1. The first-order valence-electron chi connectivity index (χ1n) is 7.05. The van der Waals surface area contributed by atoms with Crippen molar-refractivity contribution in [2.45, 2.75) is 50.4 Å². The van der Waals surface area contributed by atoms with Crippen LogP contribution in [-0.2, 0) is 4.74 Å². The number of aromatic nitrogens is 2. The fraction of sp³-hybridized carbons (Fsp3) is 0.714. The average molecular weight is 247 g/mol. The first-order valence-corrected chi connectivity index (χ1v) is 7.05. The lowest BCUT2D eigenvalue weighted by molar-refractivity contribution is 0.0780. The Morgan fingerprint density at radius 3 is 2.56 bits per heavy atom. The summed E-state index contributed by atoms with van der Waals surface area (Å²) in [5.74, 6) is 2.45. The molecule has 2 heterocycles. The molecule has 2 fully saturated rings. The van der Waals surface area contributed by atoms with Gasteiger partial charge in [0.2, 0.25) is 0 Å². The minimum Gasteiger partial charge on any atom is -0.384 e. The van der Waals surface area contributed by atoms with Crippen molar-refractivity contribution in [1.29, 1.82) is 0 Å².